The van der Waals surface area contributed by atoms with Crippen LogP contribution in [0.2, 0.25) is 0 Å². The molecule has 1 aromatic carbocycles. The van der Waals surface area contributed by atoms with E-state index in [2.05, 4.69) is 4.98 Å². The zero-order chi connectivity index (χ0) is 14.7. The summed E-state index contributed by atoms with van der Waals surface area (Å²) in [5.74, 6) is -2.44. The lowest BCUT2D eigenvalue weighted by Gasteiger charge is -2.08. The maximum absolute atomic E-state index is 13.6. The number of benzene rings is 1. The first-order valence-corrected chi connectivity index (χ1v) is 6.00. The lowest BCUT2D eigenvalue weighted by Crippen LogP contribution is -2.21. The van der Waals surface area contributed by atoms with Crippen molar-refractivity contribution in [2.75, 3.05) is 5.73 Å². The van der Waals surface area contributed by atoms with Gasteiger partial charge >= 0.3 is 5.56 Å². The molecule has 0 saturated carbocycles. The third-order valence-electron chi connectivity index (χ3n) is 2.60. The molecule has 7 heteroatoms. The first kappa shape index (κ1) is 14.0. The lowest BCUT2D eigenvalue weighted by molar-refractivity contribution is 0.410. The molecular formula is C13H13F2N3O2. The van der Waals surface area contributed by atoms with Gasteiger partial charge < -0.3 is 15.0 Å². The molecule has 1 heterocycles. The average molecular weight is 281 g/mol. The van der Waals surface area contributed by atoms with Crippen LogP contribution in [0, 0.1) is 11.6 Å². The van der Waals surface area contributed by atoms with Crippen LogP contribution in [0.4, 0.5) is 14.5 Å². The van der Waals surface area contributed by atoms with Crippen LogP contribution in [0.3, 0.4) is 0 Å². The number of hydrogen-bond donors (Lipinski definition) is 1. The molecule has 2 rings (SSSR count). The monoisotopic (exact) mass is 281 g/mol. The maximum atomic E-state index is 13.6. The summed E-state index contributed by atoms with van der Waals surface area (Å²) in [6.07, 6.45) is 3.60. The molecule has 1 aromatic heterocycles. The Bertz CT molecular complexity index is 686. The van der Waals surface area contributed by atoms with Gasteiger partial charge in [-0.2, -0.15) is 0 Å². The maximum Gasteiger partial charge on any atom is 0.313 e. The van der Waals surface area contributed by atoms with E-state index >= 15 is 0 Å². The molecule has 0 fully saturated rings. The van der Waals surface area contributed by atoms with E-state index < -0.39 is 22.9 Å². The van der Waals surface area contributed by atoms with Gasteiger partial charge in [0.2, 0.25) is 0 Å². The summed E-state index contributed by atoms with van der Waals surface area (Å²) in [6.45, 7) is 2.39. The Labute approximate surface area is 113 Å². The van der Waals surface area contributed by atoms with Crippen LogP contribution in [-0.4, -0.2) is 9.55 Å². The summed E-state index contributed by atoms with van der Waals surface area (Å²) in [5, 5.41) is 0. The van der Waals surface area contributed by atoms with Crippen molar-refractivity contribution in [2.24, 2.45) is 0 Å². The van der Waals surface area contributed by atoms with Gasteiger partial charge in [0.25, 0.3) is 5.88 Å². The Morgan fingerprint density at radius 1 is 1.35 bits per heavy atom. The van der Waals surface area contributed by atoms with Crippen molar-refractivity contribution < 1.29 is 13.5 Å². The molecule has 0 saturated heterocycles. The highest BCUT2D eigenvalue weighted by Gasteiger charge is 2.13. The van der Waals surface area contributed by atoms with Crippen LogP contribution in [-0.2, 0) is 6.54 Å². The molecule has 2 N–H and O–H groups in total. The normalized spacial score (nSPS) is 10.6. The highest BCUT2D eigenvalue weighted by atomic mass is 19.1. The molecule has 5 nitrogen and oxygen atoms in total. The van der Waals surface area contributed by atoms with E-state index in [-0.39, 0.29) is 11.6 Å². The van der Waals surface area contributed by atoms with Gasteiger partial charge in [-0.3, -0.25) is 4.79 Å². The number of ether oxygens (including phenoxy) is 1. The predicted molar refractivity (Wildman–Crippen MR) is 69.6 cm³/mol. The van der Waals surface area contributed by atoms with Crippen molar-refractivity contribution in [1.82, 2.24) is 9.55 Å². The van der Waals surface area contributed by atoms with Gasteiger partial charge in [0.05, 0.1) is 5.69 Å². The molecule has 0 aliphatic rings. The van der Waals surface area contributed by atoms with Crippen LogP contribution in [0.1, 0.15) is 13.3 Å². The Morgan fingerprint density at radius 3 is 2.80 bits per heavy atom. The molecule has 0 amide bonds. The predicted octanol–water partition coefficient (Wildman–Crippen LogP) is 2.31. The standard InChI is InChI=1S/C13H13F2N3O2/c1-2-4-18-5-3-17-12(13(18)19)20-11-7-8(14)10(16)6-9(11)15/h3,5-7H,2,4,16H2,1H3. The van der Waals surface area contributed by atoms with Crippen molar-refractivity contribution >= 4 is 5.69 Å². The molecule has 2 aromatic rings. The quantitative estimate of drug-likeness (QED) is 0.873. The van der Waals surface area contributed by atoms with Crippen LogP contribution in [0.25, 0.3) is 0 Å². The summed E-state index contributed by atoms with van der Waals surface area (Å²) in [7, 11) is 0. The van der Waals surface area contributed by atoms with Crippen molar-refractivity contribution in [3.05, 3.63) is 46.5 Å². The van der Waals surface area contributed by atoms with Gasteiger partial charge in [-0.05, 0) is 6.42 Å². The number of nitrogens with zero attached hydrogens (tertiary/aromatic N) is 2. The number of nitrogen functional groups attached to an aromatic ring is 1. The van der Waals surface area contributed by atoms with E-state index in [4.69, 9.17) is 10.5 Å². The van der Waals surface area contributed by atoms with Crippen LogP contribution < -0.4 is 16.0 Å². The van der Waals surface area contributed by atoms with E-state index in [0.29, 0.717) is 6.54 Å². The van der Waals surface area contributed by atoms with Crippen molar-refractivity contribution in [1.29, 1.82) is 0 Å². The van der Waals surface area contributed by atoms with Crippen LogP contribution in [0.15, 0.2) is 29.3 Å². The first-order chi connectivity index (χ1) is 9.52. The second kappa shape index (κ2) is 5.68. The summed E-state index contributed by atoms with van der Waals surface area (Å²) >= 11 is 0. The topological polar surface area (TPSA) is 70.1 Å². The summed E-state index contributed by atoms with van der Waals surface area (Å²) in [6, 6.07) is 1.57. The fourth-order valence-corrected chi connectivity index (χ4v) is 1.64. The number of nitrogens with two attached hydrogens (primary N) is 1. The molecule has 0 radical (unpaired) electrons. The largest absolute Gasteiger partial charge is 0.431 e. The number of aromatic nitrogens is 2. The summed E-state index contributed by atoms with van der Waals surface area (Å²) < 4.78 is 33.3. The molecule has 0 atom stereocenters. The third kappa shape index (κ3) is 2.76. The number of aryl methyl sites for hydroxylation is 1. The minimum absolute atomic E-state index is 0.316. The van der Waals surface area contributed by atoms with Gasteiger partial charge in [0.15, 0.2) is 11.6 Å². The van der Waals surface area contributed by atoms with Gasteiger partial charge in [-0.1, -0.05) is 6.92 Å². The van der Waals surface area contributed by atoms with Crippen LogP contribution in [0.5, 0.6) is 11.6 Å². The molecule has 0 bridgehead atoms. The van der Waals surface area contributed by atoms with E-state index in [1.807, 2.05) is 6.92 Å². The molecule has 0 aliphatic carbocycles. The Hall–Kier alpha value is -2.44. The lowest BCUT2D eigenvalue weighted by atomic mass is 10.3. The van der Waals surface area contributed by atoms with Gasteiger partial charge in [0.1, 0.15) is 5.82 Å². The Balaban J connectivity index is 2.38. The van der Waals surface area contributed by atoms with Gasteiger partial charge in [0, 0.05) is 31.1 Å². The summed E-state index contributed by atoms with van der Waals surface area (Å²) in [5.41, 5.74) is 4.38. The minimum Gasteiger partial charge on any atom is -0.431 e. The first-order valence-electron chi connectivity index (χ1n) is 6.00. The van der Waals surface area contributed by atoms with E-state index in [0.717, 1.165) is 18.6 Å². The van der Waals surface area contributed by atoms with Crippen molar-refractivity contribution in [2.45, 2.75) is 19.9 Å². The highest BCUT2D eigenvalue weighted by Crippen LogP contribution is 2.25. The fraction of sp³-hybridized carbons (Fsp3) is 0.231. The molecule has 106 valence electrons. The SMILES string of the molecule is CCCn1ccnc(Oc2cc(F)c(N)cc2F)c1=O. The smallest absolute Gasteiger partial charge is 0.313 e. The van der Waals surface area contributed by atoms with Gasteiger partial charge in [-0.15, -0.1) is 0 Å². The van der Waals surface area contributed by atoms with E-state index in [1.54, 1.807) is 0 Å². The Kier molecular flexibility index (Phi) is 3.97. The second-order valence-electron chi connectivity index (χ2n) is 4.14. The van der Waals surface area contributed by atoms with E-state index in [9.17, 15) is 13.6 Å². The van der Waals surface area contributed by atoms with Crippen LogP contribution >= 0.6 is 0 Å². The average Bonchev–Trinajstić information content (AvgIpc) is 2.40. The second-order valence-corrected chi connectivity index (χ2v) is 4.14. The van der Waals surface area contributed by atoms with Crippen molar-refractivity contribution in [3.63, 3.8) is 0 Å². The highest BCUT2D eigenvalue weighted by molar-refractivity contribution is 5.45. The molecule has 0 spiro atoms. The zero-order valence-electron chi connectivity index (χ0n) is 10.8. The molecular weight excluding hydrogens is 268 g/mol. The molecule has 20 heavy (non-hydrogen) atoms. The van der Waals surface area contributed by atoms with Crippen molar-refractivity contribution in [3.8, 4) is 11.6 Å². The number of rotatable bonds is 4. The fourth-order valence-electron chi connectivity index (χ4n) is 1.64. The third-order valence-corrected chi connectivity index (χ3v) is 2.60. The number of halogens is 2. The number of hydrogen-bond acceptors (Lipinski definition) is 4. The molecule has 0 unspecified atom stereocenters. The molecule has 0 aliphatic heterocycles. The Morgan fingerprint density at radius 2 is 2.10 bits per heavy atom. The number of anilines is 1. The minimum atomic E-state index is -0.865. The zero-order valence-corrected chi connectivity index (χ0v) is 10.8. The van der Waals surface area contributed by atoms with E-state index in [1.165, 1.54) is 17.0 Å². The van der Waals surface area contributed by atoms with Gasteiger partial charge in [-0.25, -0.2) is 13.8 Å². The summed E-state index contributed by atoms with van der Waals surface area (Å²) in [4.78, 5) is 15.7.